The smallest absolute Gasteiger partial charge is 0.154 e. The number of piperidine rings is 1. The maximum Gasteiger partial charge on any atom is 0.154 e. The number of aliphatic hydroxyl groups is 2. The van der Waals surface area contributed by atoms with Crippen LogP contribution in [0.5, 0.6) is 0 Å². The number of nitrogens with zero attached hydrogens (tertiary/aromatic N) is 1. The van der Waals surface area contributed by atoms with Gasteiger partial charge in [0.15, 0.2) is 6.29 Å². The molecule has 1 atom stereocenters. The highest BCUT2D eigenvalue weighted by Gasteiger charge is 2.40. The van der Waals surface area contributed by atoms with Crippen LogP contribution in [-0.4, -0.2) is 41.5 Å². The maximum absolute atomic E-state index is 9.38. The molecule has 2 aliphatic rings. The summed E-state index contributed by atoms with van der Waals surface area (Å²) in [6, 6.07) is 0. The van der Waals surface area contributed by atoms with Gasteiger partial charge in [0, 0.05) is 5.92 Å². The highest BCUT2D eigenvalue weighted by Crippen LogP contribution is 2.44. The molecule has 1 aliphatic heterocycles. The summed E-state index contributed by atoms with van der Waals surface area (Å²) in [6.07, 6.45) is 3.59. The molecule has 3 nitrogen and oxygen atoms in total. The molecule has 1 saturated heterocycles. The molecular weight excluding hydrogens is 178 g/mol. The Morgan fingerprint density at radius 3 is 1.93 bits per heavy atom. The van der Waals surface area contributed by atoms with Gasteiger partial charge in [-0.1, -0.05) is 0 Å². The molecule has 1 aliphatic carbocycles. The van der Waals surface area contributed by atoms with Gasteiger partial charge in [-0.3, -0.25) is 0 Å². The Bertz CT molecular complexity index is 182. The third-order valence-electron chi connectivity index (χ3n) is 3.82. The summed E-state index contributed by atoms with van der Waals surface area (Å²) in [4.78, 5) is 2.32. The minimum atomic E-state index is -1.09. The lowest BCUT2D eigenvalue weighted by molar-refractivity contribution is -0.113. The van der Waals surface area contributed by atoms with Crippen LogP contribution in [0.25, 0.3) is 0 Å². The molecule has 2 fully saturated rings. The zero-order chi connectivity index (χ0) is 10.1. The molecule has 0 radical (unpaired) electrons. The van der Waals surface area contributed by atoms with Crippen LogP contribution in [0.3, 0.4) is 0 Å². The minimum Gasteiger partial charge on any atom is -0.368 e. The molecule has 2 rings (SSSR count). The van der Waals surface area contributed by atoms with Gasteiger partial charge in [0.2, 0.25) is 0 Å². The molecule has 0 bridgehead atoms. The number of aliphatic hydroxyl groups excluding tert-OH is 1. The summed E-state index contributed by atoms with van der Waals surface area (Å²) < 4.78 is 0. The molecule has 3 heteroatoms. The average molecular weight is 199 g/mol. The van der Waals surface area contributed by atoms with Crippen LogP contribution >= 0.6 is 0 Å². The summed E-state index contributed by atoms with van der Waals surface area (Å²) in [7, 11) is 2.14. The van der Waals surface area contributed by atoms with E-state index in [9.17, 15) is 10.2 Å². The van der Waals surface area contributed by atoms with Crippen molar-refractivity contribution < 1.29 is 10.2 Å². The standard InChI is InChI=1S/C11H21NO2/c1-12-6-4-9(5-7-12)10(11(13)14)8-2-3-8/h8-11,13-14H,2-7H2,1H3. The predicted octanol–water partition coefficient (Wildman–Crippen LogP) is 0.665. The fraction of sp³-hybridized carbons (Fsp3) is 1.00. The molecule has 2 N–H and O–H groups in total. The van der Waals surface area contributed by atoms with Gasteiger partial charge in [0.05, 0.1) is 0 Å². The zero-order valence-corrected chi connectivity index (χ0v) is 8.89. The Labute approximate surface area is 85.7 Å². The summed E-state index contributed by atoms with van der Waals surface area (Å²) in [6.45, 7) is 2.22. The van der Waals surface area contributed by atoms with Crippen LogP contribution < -0.4 is 0 Å². The lowest BCUT2D eigenvalue weighted by Gasteiger charge is -2.35. The van der Waals surface area contributed by atoms with E-state index in [1.807, 2.05) is 0 Å². The summed E-state index contributed by atoms with van der Waals surface area (Å²) in [5.41, 5.74) is 0. The third-order valence-corrected chi connectivity index (χ3v) is 3.82. The lowest BCUT2D eigenvalue weighted by atomic mass is 9.81. The van der Waals surface area contributed by atoms with Gasteiger partial charge in [0.1, 0.15) is 0 Å². The van der Waals surface area contributed by atoms with E-state index < -0.39 is 6.29 Å². The van der Waals surface area contributed by atoms with Gasteiger partial charge in [-0.15, -0.1) is 0 Å². The van der Waals surface area contributed by atoms with Crippen LogP contribution in [0.15, 0.2) is 0 Å². The second kappa shape index (κ2) is 4.17. The largest absolute Gasteiger partial charge is 0.368 e. The van der Waals surface area contributed by atoms with Gasteiger partial charge in [-0.05, 0) is 57.7 Å². The predicted molar refractivity (Wildman–Crippen MR) is 54.7 cm³/mol. The van der Waals surface area contributed by atoms with E-state index in [1.54, 1.807) is 0 Å². The fourth-order valence-corrected chi connectivity index (χ4v) is 2.77. The SMILES string of the molecule is CN1CCC(C(C(O)O)C2CC2)CC1. The Hall–Kier alpha value is -0.120. The Balaban J connectivity index is 1.90. The van der Waals surface area contributed by atoms with E-state index in [-0.39, 0.29) is 5.92 Å². The summed E-state index contributed by atoms with van der Waals surface area (Å²) in [5.74, 6) is 1.30. The fourth-order valence-electron chi connectivity index (χ4n) is 2.77. The van der Waals surface area contributed by atoms with Crippen LogP contribution in [0.2, 0.25) is 0 Å². The molecule has 1 unspecified atom stereocenters. The van der Waals surface area contributed by atoms with Gasteiger partial charge in [0.25, 0.3) is 0 Å². The van der Waals surface area contributed by atoms with Crippen molar-refractivity contribution in [2.75, 3.05) is 20.1 Å². The molecular formula is C11H21NO2. The monoisotopic (exact) mass is 199 g/mol. The third kappa shape index (κ3) is 2.27. The van der Waals surface area contributed by atoms with Crippen LogP contribution in [0.1, 0.15) is 25.7 Å². The average Bonchev–Trinajstić information content (AvgIpc) is 2.92. The molecule has 0 aromatic heterocycles. The summed E-state index contributed by atoms with van der Waals surface area (Å²) in [5, 5.41) is 18.8. The first-order chi connectivity index (χ1) is 6.68. The van der Waals surface area contributed by atoms with Crippen LogP contribution in [0, 0.1) is 17.8 Å². The first-order valence-corrected chi connectivity index (χ1v) is 5.73. The van der Waals surface area contributed by atoms with Gasteiger partial charge in [-0.2, -0.15) is 0 Å². The van der Waals surface area contributed by atoms with Gasteiger partial charge < -0.3 is 15.1 Å². The van der Waals surface area contributed by atoms with Crippen molar-refractivity contribution in [3.05, 3.63) is 0 Å². The lowest BCUT2D eigenvalue weighted by Crippen LogP contribution is -2.38. The van der Waals surface area contributed by atoms with Crippen molar-refractivity contribution in [2.45, 2.75) is 32.0 Å². The normalized spacial score (nSPS) is 28.3. The molecule has 1 heterocycles. The zero-order valence-electron chi connectivity index (χ0n) is 8.89. The van der Waals surface area contributed by atoms with Crippen LogP contribution in [0.4, 0.5) is 0 Å². The topological polar surface area (TPSA) is 43.7 Å². The van der Waals surface area contributed by atoms with Crippen molar-refractivity contribution in [2.24, 2.45) is 17.8 Å². The van der Waals surface area contributed by atoms with E-state index in [4.69, 9.17) is 0 Å². The molecule has 0 amide bonds. The Morgan fingerprint density at radius 1 is 1.00 bits per heavy atom. The molecule has 14 heavy (non-hydrogen) atoms. The molecule has 1 saturated carbocycles. The summed E-state index contributed by atoms with van der Waals surface area (Å²) >= 11 is 0. The Kier molecular flexibility index (Phi) is 3.10. The van der Waals surface area contributed by atoms with Crippen molar-refractivity contribution in [3.8, 4) is 0 Å². The van der Waals surface area contributed by atoms with E-state index in [1.165, 1.54) is 12.8 Å². The number of likely N-dealkylation sites (tertiary alicyclic amines) is 1. The van der Waals surface area contributed by atoms with E-state index >= 15 is 0 Å². The van der Waals surface area contributed by atoms with Crippen molar-refractivity contribution in [3.63, 3.8) is 0 Å². The first kappa shape index (κ1) is 10.4. The minimum absolute atomic E-state index is 0.156. The molecule has 0 aromatic rings. The molecule has 0 aromatic carbocycles. The quantitative estimate of drug-likeness (QED) is 0.656. The highest BCUT2D eigenvalue weighted by atomic mass is 16.5. The van der Waals surface area contributed by atoms with Crippen molar-refractivity contribution in [1.82, 2.24) is 4.90 Å². The molecule has 0 spiro atoms. The second-order valence-corrected chi connectivity index (χ2v) is 4.97. The Morgan fingerprint density at radius 2 is 1.50 bits per heavy atom. The highest BCUT2D eigenvalue weighted by molar-refractivity contribution is 4.88. The maximum atomic E-state index is 9.38. The van der Waals surface area contributed by atoms with Crippen LogP contribution in [-0.2, 0) is 0 Å². The van der Waals surface area contributed by atoms with Gasteiger partial charge in [-0.25, -0.2) is 0 Å². The number of hydrogen-bond donors (Lipinski definition) is 2. The number of rotatable bonds is 3. The van der Waals surface area contributed by atoms with E-state index in [0.717, 1.165) is 25.9 Å². The van der Waals surface area contributed by atoms with Crippen molar-refractivity contribution in [1.29, 1.82) is 0 Å². The van der Waals surface area contributed by atoms with E-state index in [2.05, 4.69) is 11.9 Å². The van der Waals surface area contributed by atoms with Crippen molar-refractivity contribution >= 4 is 0 Å². The van der Waals surface area contributed by atoms with E-state index in [0.29, 0.717) is 11.8 Å². The number of hydrogen-bond acceptors (Lipinski definition) is 3. The first-order valence-electron chi connectivity index (χ1n) is 5.73. The second-order valence-electron chi connectivity index (χ2n) is 4.97. The molecule has 82 valence electrons. The van der Waals surface area contributed by atoms with Gasteiger partial charge >= 0.3 is 0 Å².